The number of aliphatic hydroxyl groups excluding tert-OH is 1. The van der Waals surface area contributed by atoms with E-state index in [0.717, 1.165) is 4.57 Å². The van der Waals surface area contributed by atoms with E-state index >= 15 is 4.39 Å². The quantitative estimate of drug-likeness (QED) is 0.190. The number of aliphatic hydroxyl groups is 1. The van der Waals surface area contributed by atoms with Gasteiger partial charge in [0.25, 0.3) is 0 Å². The van der Waals surface area contributed by atoms with Gasteiger partial charge < -0.3 is 24.0 Å². The second-order valence-corrected chi connectivity index (χ2v) is 12.0. The van der Waals surface area contributed by atoms with Crippen LogP contribution in [0.15, 0.2) is 36.7 Å². The van der Waals surface area contributed by atoms with Gasteiger partial charge in [-0.25, -0.2) is 13.9 Å². The van der Waals surface area contributed by atoms with Crippen LogP contribution in [0, 0.1) is 6.08 Å². The van der Waals surface area contributed by atoms with Crippen LogP contribution in [0.5, 0.6) is 5.75 Å². The largest absolute Gasteiger partial charge is 0.462 e. The first-order valence-electron chi connectivity index (χ1n) is 12.8. The fourth-order valence-electron chi connectivity index (χ4n) is 4.15. The summed E-state index contributed by atoms with van der Waals surface area (Å²) in [7, 11) is -1.07. The van der Waals surface area contributed by atoms with Crippen molar-refractivity contribution in [2.75, 3.05) is 25.6 Å². The first kappa shape index (κ1) is 30.7. The number of hydrogen-bond acceptors (Lipinski definition) is 11. The summed E-state index contributed by atoms with van der Waals surface area (Å²) in [4.78, 5) is 25.6. The molecule has 0 amide bonds. The van der Waals surface area contributed by atoms with Crippen molar-refractivity contribution in [3.63, 3.8) is 0 Å². The summed E-state index contributed by atoms with van der Waals surface area (Å²) < 4.78 is 67.0. The molecule has 1 unspecified atom stereocenters. The zero-order valence-electron chi connectivity index (χ0n) is 23.4. The molecule has 224 valence electrons. The van der Waals surface area contributed by atoms with Gasteiger partial charge in [-0.05, 0) is 39.8 Å². The van der Waals surface area contributed by atoms with Crippen molar-refractivity contribution in [1.29, 1.82) is 0 Å². The molecule has 1 aliphatic rings. The van der Waals surface area contributed by atoms with Crippen molar-refractivity contribution in [3.8, 4) is 5.75 Å². The lowest BCUT2D eigenvalue weighted by Crippen LogP contribution is -2.44. The molecule has 1 aromatic carbocycles. The van der Waals surface area contributed by atoms with Gasteiger partial charge in [0.05, 0.1) is 19.0 Å². The van der Waals surface area contributed by atoms with Crippen LogP contribution in [0.4, 0.5) is 14.6 Å². The van der Waals surface area contributed by atoms with Crippen molar-refractivity contribution in [3.05, 3.63) is 42.7 Å². The average molecular weight is 599 g/mol. The van der Waals surface area contributed by atoms with Crippen LogP contribution in [0.3, 0.4) is 0 Å². The van der Waals surface area contributed by atoms with E-state index in [9.17, 15) is 18.9 Å². The summed E-state index contributed by atoms with van der Waals surface area (Å²) in [5, 5.41) is 13.4. The van der Waals surface area contributed by atoms with Gasteiger partial charge in [-0.15, -0.1) is 0 Å². The number of aromatic nitrogens is 4. The molecule has 3 aromatic rings. The van der Waals surface area contributed by atoms with Gasteiger partial charge >= 0.3 is 19.8 Å². The number of alkyl halides is 1. The van der Waals surface area contributed by atoms with Crippen molar-refractivity contribution >= 4 is 30.7 Å². The number of carbonyl (C=O) groups is 1. The lowest BCUT2D eigenvalue weighted by Gasteiger charge is -2.30. The predicted molar refractivity (Wildman–Crippen MR) is 143 cm³/mol. The lowest BCUT2D eigenvalue weighted by molar-refractivity contribution is -0.149. The van der Waals surface area contributed by atoms with Gasteiger partial charge in [-0.2, -0.15) is 19.4 Å². The van der Waals surface area contributed by atoms with Crippen molar-refractivity contribution in [1.82, 2.24) is 24.6 Å². The Hall–Kier alpha value is -3.23. The Morgan fingerprint density at radius 2 is 1.95 bits per heavy atom. The normalized spacial score (nSPS) is 24.8. The molecule has 4 rings (SSSR count). The molecule has 2 N–H and O–H groups in total. The van der Waals surface area contributed by atoms with Gasteiger partial charge in [-0.1, -0.05) is 18.2 Å². The van der Waals surface area contributed by atoms with E-state index < -0.39 is 62.7 Å². The monoisotopic (exact) mass is 598 g/mol. The maximum Gasteiger partial charge on any atom is 0.459 e. The number of nitrogens with one attached hydrogen (secondary N) is 1. The maximum absolute atomic E-state index is 15.5. The van der Waals surface area contributed by atoms with Crippen molar-refractivity contribution < 1.29 is 41.8 Å². The molecule has 16 heteroatoms. The first-order chi connectivity index (χ1) is 19.2. The number of carbonyl (C=O) groups excluding carboxylic acids is 1. The minimum Gasteiger partial charge on any atom is -0.462 e. The number of nitrogens with zero attached hydrogens (tertiary/aromatic N) is 5. The summed E-state index contributed by atoms with van der Waals surface area (Å²) in [5.41, 5.74) is -1.63. The number of benzene rings is 1. The molecule has 1 aliphatic heterocycles. The molecule has 0 bridgehead atoms. The predicted octanol–water partition coefficient (Wildman–Crippen LogP) is 3.15. The SMILES string of the molecule is CC(C)OC(=O)[C@H](C)NP(=O)(OC[C@@]1(C)O[C@@H](n2cnc3c(N(C)C)nc(F)nc32)[C@H](F)[C@@H]1O)Oc1ccccc1. The van der Waals surface area contributed by atoms with E-state index in [-0.39, 0.29) is 22.7 Å². The highest BCUT2D eigenvalue weighted by Gasteiger charge is 2.55. The molecular formula is C25H33F2N6O7P. The average Bonchev–Trinajstić information content (AvgIpc) is 3.41. The fourth-order valence-corrected chi connectivity index (χ4v) is 5.74. The molecule has 6 atom stereocenters. The number of imidazole rings is 1. The number of anilines is 1. The third kappa shape index (κ3) is 6.65. The minimum absolute atomic E-state index is 0.0524. The molecule has 1 saturated heterocycles. The summed E-state index contributed by atoms with van der Waals surface area (Å²) in [6.45, 7) is 5.46. The van der Waals surface area contributed by atoms with Gasteiger partial charge in [0, 0.05) is 14.1 Å². The Morgan fingerprint density at radius 1 is 1.27 bits per heavy atom. The second-order valence-electron chi connectivity index (χ2n) is 10.3. The maximum atomic E-state index is 15.5. The Bertz CT molecular complexity index is 1430. The molecule has 41 heavy (non-hydrogen) atoms. The Labute approximate surface area is 235 Å². The summed E-state index contributed by atoms with van der Waals surface area (Å²) >= 11 is 0. The Balaban J connectivity index is 1.58. The van der Waals surface area contributed by atoms with Crippen LogP contribution in [0.2, 0.25) is 0 Å². The summed E-state index contributed by atoms with van der Waals surface area (Å²) in [5.74, 6) is -0.372. The van der Waals surface area contributed by atoms with E-state index in [1.54, 1.807) is 46.1 Å². The Morgan fingerprint density at radius 3 is 2.59 bits per heavy atom. The fraction of sp³-hybridized carbons (Fsp3) is 0.520. The van der Waals surface area contributed by atoms with E-state index in [4.69, 9.17) is 18.5 Å². The van der Waals surface area contributed by atoms with E-state index in [1.807, 2.05) is 0 Å². The van der Waals surface area contributed by atoms with Gasteiger partial charge in [0.15, 0.2) is 29.4 Å². The van der Waals surface area contributed by atoms with Crippen LogP contribution in [-0.2, 0) is 23.4 Å². The minimum atomic E-state index is -4.34. The lowest BCUT2D eigenvalue weighted by atomic mass is 9.99. The number of fused-ring (bicyclic) bond motifs is 1. The molecule has 0 saturated carbocycles. The van der Waals surface area contributed by atoms with Crippen molar-refractivity contribution in [2.45, 2.75) is 63.9 Å². The van der Waals surface area contributed by atoms with Crippen LogP contribution in [0.25, 0.3) is 11.2 Å². The topological polar surface area (TPSA) is 150 Å². The zero-order valence-corrected chi connectivity index (χ0v) is 24.3. The molecule has 3 heterocycles. The highest BCUT2D eigenvalue weighted by molar-refractivity contribution is 7.52. The smallest absolute Gasteiger partial charge is 0.459 e. The number of rotatable bonds is 11. The summed E-state index contributed by atoms with van der Waals surface area (Å²) in [6, 6.07) is 6.94. The number of ether oxygens (including phenoxy) is 2. The first-order valence-corrected chi connectivity index (χ1v) is 14.3. The highest BCUT2D eigenvalue weighted by Crippen LogP contribution is 2.48. The standard InChI is InChI=1S/C25H33F2N6O7P/c1-14(2)38-23(35)15(3)31-41(36,40-16-10-8-7-9-11-16)37-12-25(4)19(34)17(26)22(39-25)33-13-28-18-20(32(5)6)29-24(27)30-21(18)33/h7-11,13-15,17,19,22,34H,12H2,1-6H3,(H,31,36)/t15-,17+,19-,22+,25+,41?/m0/s1. The molecule has 2 aromatic heterocycles. The van der Waals surface area contributed by atoms with Gasteiger partial charge in [-0.3, -0.25) is 13.9 Å². The number of esters is 1. The molecular weight excluding hydrogens is 565 g/mol. The van der Waals surface area contributed by atoms with E-state index in [2.05, 4.69) is 20.0 Å². The van der Waals surface area contributed by atoms with E-state index in [1.165, 1.54) is 37.2 Å². The second kappa shape index (κ2) is 11.9. The van der Waals surface area contributed by atoms with E-state index in [0.29, 0.717) is 0 Å². The van der Waals surface area contributed by atoms with Crippen LogP contribution < -0.4 is 14.5 Å². The van der Waals surface area contributed by atoms with Crippen molar-refractivity contribution in [2.24, 2.45) is 0 Å². The van der Waals surface area contributed by atoms with Crippen LogP contribution in [0.1, 0.15) is 33.9 Å². The van der Waals surface area contributed by atoms with Gasteiger partial charge in [0.2, 0.25) is 0 Å². The number of para-hydroxylation sites is 1. The summed E-state index contributed by atoms with van der Waals surface area (Å²) in [6.07, 6.45) is -5.58. The zero-order chi connectivity index (χ0) is 30.1. The number of hydrogen-bond donors (Lipinski definition) is 2. The Kier molecular flexibility index (Phi) is 8.95. The molecule has 0 radical (unpaired) electrons. The molecule has 0 spiro atoms. The number of halogens is 2. The third-order valence-corrected chi connectivity index (χ3v) is 7.83. The molecule has 1 fully saturated rings. The van der Waals surface area contributed by atoms with Gasteiger partial charge in [0.1, 0.15) is 23.5 Å². The molecule has 0 aliphatic carbocycles. The van der Waals surface area contributed by atoms with Crippen LogP contribution >= 0.6 is 7.75 Å². The molecule has 13 nitrogen and oxygen atoms in total. The van der Waals surface area contributed by atoms with Crippen LogP contribution in [-0.4, -0.2) is 81.3 Å². The highest BCUT2D eigenvalue weighted by atomic mass is 31.2. The third-order valence-electron chi connectivity index (χ3n) is 6.21.